The van der Waals surface area contributed by atoms with Crippen molar-refractivity contribution < 1.29 is 9.90 Å². The second-order valence-corrected chi connectivity index (χ2v) is 7.75. The molecule has 0 radical (unpaired) electrons. The molecule has 0 saturated heterocycles. The number of aromatic nitrogens is 2. The van der Waals surface area contributed by atoms with Crippen LogP contribution in [-0.2, 0) is 7.05 Å². The predicted octanol–water partition coefficient (Wildman–Crippen LogP) is 6.34. The molecule has 0 aliphatic rings. The quantitative estimate of drug-likeness (QED) is 0.201. The van der Waals surface area contributed by atoms with E-state index < -0.39 is 11.7 Å². The van der Waals surface area contributed by atoms with Crippen molar-refractivity contribution in [3.8, 4) is 11.3 Å². The number of aromatic carboxylic acids is 1. The van der Waals surface area contributed by atoms with Gasteiger partial charge in [-0.3, -0.25) is 5.43 Å². The fraction of sp³-hybridized carbons (Fsp3) is 0.0455. The number of anilines is 1. The van der Waals surface area contributed by atoms with Gasteiger partial charge in [-0.2, -0.15) is 5.10 Å². The molecule has 2 aromatic heterocycles. The molecule has 0 spiro atoms. The van der Waals surface area contributed by atoms with E-state index in [1.54, 1.807) is 6.21 Å². The van der Waals surface area contributed by atoms with Crippen LogP contribution in [0.1, 0.15) is 16.1 Å². The maximum Gasteiger partial charge on any atom is 0.356 e. The number of hydrogen-bond donors (Lipinski definition) is 2. The lowest BCUT2D eigenvalue weighted by Crippen LogP contribution is -2.05. The average molecular weight is 474 g/mol. The standard InChI is InChI=1S/C22H15Cl3N4O2/c1-29-15-10-6-5-9-13(15)14(20(29)12-7-3-2-4-8-12)11-26-28-18-16(23)19(22(30)31)27-21(25)17(18)24/h2-11H,1H3,(H,27,28)(H,30,31). The molecule has 6 nitrogen and oxygen atoms in total. The lowest BCUT2D eigenvalue weighted by molar-refractivity contribution is 0.0691. The van der Waals surface area contributed by atoms with Gasteiger partial charge in [-0.1, -0.05) is 83.3 Å². The Morgan fingerprint density at radius 2 is 1.74 bits per heavy atom. The van der Waals surface area contributed by atoms with Crippen LogP contribution in [0.5, 0.6) is 0 Å². The Kier molecular flexibility index (Phi) is 5.87. The molecule has 0 saturated carbocycles. The molecule has 0 fully saturated rings. The zero-order chi connectivity index (χ0) is 22.1. The van der Waals surface area contributed by atoms with Gasteiger partial charge < -0.3 is 9.67 Å². The Hall–Kier alpha value is -3.06. The van der Waals surface area contributed by atoms with Gasteiger partial charge in [0.2, 0.25) is 0 Å². The number of carboxylic acids is 1. The topological polar surface area (TPSA) is 79.5 Å². The SMILES string of the molecule is Cn1c(-c2ccccc2)c(C=NNc2c(Cl)c(Cl)nc(C(=O)O)c2Cl)c2ccccc21. The summed E-state index contributed by atoms with van der Waals surface area (Å²) in [7, 11) is 1.99. The van der Waals surface area contributed by atoms with Crippen molar-refractivity contribution in [3.05, 3.63) is 81.1 Å². The summed E-state index contributed by atoms with van der Waals surface area (Å²) < 4.78 is 2.10. The predicted molar refractivity (Wildman–Crippen MR) is 126 cm³/mol. The largest absolute Gasteiger partial charge is 0.476 e. The van der Waals surface area contributed by atoms with E-state index in [1.807, 2.05) is 61.6 Å². The average Bonchev–Trinajstić information content (AvgIpc) is 3.05. The number of aryl methyl sites for hydroxylation is 1. The number of hydrazone groups is 1. The first-order chi connectivity index (χ1) is 14.9. The van der Waals surface area contributed by atoms with Gasteiger partial charge in [0, 0.05) is 23.5 Å². The third kappa shape index (κ3) is 3.85. The van der Waals surface area contributed by atoms with Gasteiger partial charge in [0.1, 0.15) is 10.0 Å². The Morgan fingerprint density at radius 1 is 1.06 bits per heavy atom. The number of nitrogens with one attached hydrogen (secondary N) is 1. The van der Waals surface area contributed by atoms with E-state index in [1.165, 1.54) is 0 Å². The molecule has 2 aromatic carbocycles. The van der Waals surface area contributed by atoms with E-state index in [2.05, 4.69) is 20.1 Å². The molecule has 156 valence electrons. The van der Waals surface area contributed by atoms with E-state index in [0.717, 1.165) is 27.7 Å². The van der Waals surface area contributed by atoms with Crippen LogP contribution in [-0.4, -0.2) is 26.8 Å². The highest BCUT2D eigenvalue weighted by atomic mass is 35.5. The summed E-state index contributed by atoms with van der Waals surface area (Å²) in [5.41, 5.74) is 6.30. The van der Waals surface area contributed by atoms with E-state index in [9.17, 15) is 9.90 Å². The lowest BCUT2D eigenvalue weighted by Gasteiger charge is -2.10. The highest BCUT2D eigenvalue weighted by Gasteiger charge is 2.21. The molecule has 2 heterocycles. The first-order valence-electron chi connectivity index (χ1n) is 9.09. The van der Waals surface area contributed by atoms with E-state index >= 15 is 0 Å². The Morgan fingerprint density at radius 3 is 2.45 bits per heavy atom. The Labute approximate surface area is 192 Å². The minimum absolute atomic E-state index is 0.0185. The third-order valence-corrected chi connectivity index (χ3v) is 5.91. The first-order valence-corrected chi connectivity index (χ1v) is 10.2. The lowest BCUT2D eigenvalue weighted by atomic mass is 10.1. The molecular formula is C22H15Cl3N4O2. The molecule has 2 N–H and O–H groups in total. The van der Waals surface area contributed by atoms with Crippen LogP contribution in [0.4, 0.5) is 5.69 Å². The molecule has 9 heteroatoms. The van der Waals surface area contributed by atoms with Gasteiger partial charge in [-0.05, 0) is 11.6 Å². The molecular weight excluding hydrogens is 459 g/mol. The van der Waals surface area contributed by atoms with E-state index in [4.69, 9.17) is 34.8 Å². The Bertz CT molecular complexity index is 1330. The maximum absolute atomic E-state index is 11.4. The normalized spacial score (nSPS) is 11.4. The van der Waals surface area contributed by atoms with Crippen LogP contribution in [0.15, 0.2) is 59.7 Å². The fourth-order valence-electron chi connectivity index (χ4n) is 3.41. The number of carbonyl (C=O) groups is 1. The Balaban J connectivity index is 1.81. The number of benzene rings is 2. The summed E-state index contributed by atoms with van der Waals surface area (Å²) in [6.45, 7) is 0. The molecule has 0 atom stereocenters. The summed E-state index contributed by atoms with van der Waals surface area (Å²) in [4.78, 5) is 15.1. The number of rotatable bonds is 5. The van der Waals surface area contributed by atoms with Crippen molar-refractivity contribution >= 4 is 63.6 Å². The van der Waals surface area contributed by atoms with E-state index in [0.29, 0.717) is 0 Å². The van der Waals surface area contributed by atoms with Crippen molar-refractivity contribution in [2.24, 2.45) is 12.1 Å². The molecule has 0 aliphatic heterocycles. The van der Waals surface area contributed by atoms with Crippen molar-refractivity contribution in [2.75, 3.05) is 5.43 Å². The molecule has 0 bridgehead atoms. The van der Waals surface area contributed by atoms with Crippen LogP contribution in [0, 0.1) is 0 Å². The number of halogens is 3. The van der Waals surface area contributed by atoms with Crippen LogP contribution in [0.3, 0.4) is 0 Å². The van der Waals surface area contributed by atoms with Gasteiger partial charge >= 0.3 is 5.97 Å². The fourth-order valence-corrected chi connectivity index (χ4v) is 4.08. The summed E-state index contributed by atoms with van der Waals surface area (Å²) in [5, 5.41) is 14.2. The van der Waals surface area contributed by atoms with Crippen molar-refractivity contribution in [3.63, 3.8) is 0 Å². The van der Waals surface area contributed by atoms with Crippen molar-refractivity contribution in [1.82, 2.24) is 9.55 Å². The van der Waals surface area contributed by atoms with Gasteiger partial charge in [-0.25, -0.2) is 9.78 Å². The smallest absolute Gasteiger partial charge is 0.356 e. The van der Waals surface area contributed by atoms with Crippen LogP contribution >= 0.6 is 34.8 Å². The first kappa shape index (κ1) is 21.2. The molecule has 31 heavy (non-hydrogen) atoms. The molecule has 4 aromatic rings. The summed E-state index contributed by atoms with van der Waals surface area (Å²) in [6, 6.07) is 17.9. The molecule has 0 aliphatic carbocycles. The zero-order valence-electron chi connectivity index (χ0n) is 16.1. The summed E-state index contributed by atoms with van der Waals surface area (Å²) >= 11 is 18.3. The van der Waals surface area contributed by atoms with Gasteiger partial charge in [-0.15, -0.1) is 0 Å². The maximum atomic E-state index is 11.4. The van der Waals surface area contributed by atoms with Gasteiger partial charge in [0.05, 0.1) is 17.6 Å². The summed E-state index contributed by atoms with van der Waals surface area (Å²) in [6.07, 6.45) is 1.64. The number of para-hydroxylation sites is 1. The zero-order valence-corrected chi connectivity index (χ0v) is 18.4. The highest BCUT2D eigenvalue weighted by Crippen LogP contribution is 2.37. The van der Waals surface area contributed by atoms with Crippen LogP contribution < -0.4 is 5.43 Å². The van der Waals surface area contributed by atoms with Crippen LogP contribution in [0.25, 0.3) is 22.2 Å². The third-order valence-electron chi connectivity index (χ3n) is 4.80. The highest BCUT2D eigenvalue weighted by molar-refractivity contribution is 6.46. The number of hydrogen-bond acceptors (Lipinski definition) is 4. The molecule has 0 unspecified atom stereocenters. The van der Waals surface area contributed by atoms with Gasteiger partial charge in [0.15, 0.2) is 10.8 Å². The number of fused-ring (bicyclic) bond motifs is 1. The van der Waals surface area contributed by atoms with Gasteiger partial charge in [0.25, 0.3) is 0 Å². The minimum Gasteiger partial charge on any atom is -0.476 e. The monoisotopic (exact) mass is 472 g/mol. The molecule has 0 amide bonds. The second-order valence-electron chi connectivity index (χ2n) is 6.63. The minimum atomic E-state index is -1.32. The molecule has 4 rings (SSSR count). The number of carboxylic acid groups (broad SMARTS) is 1. The number of nitrogens with zero attached hydrogens (tertiary/aromatic N) is 3. The van der Waals surface area contributed by atoms with Crippen molar-refractivity contribution in [1.29, 1.82) is 0 Å². The van der Waals surface area contributed by atoms with Crippen LogP contribution in [0.2, 0.25) is 15.2 Å². The number of pyridine rings is 1. The van der Waals surface area contributed by atoms with Crippen molar-refractivity contribution in [2.45, 2.75) is 0 Å². The summed E-state index contributed by atoms with van der Waals surface area (Å²) in [5.74, 6) is -1.32. The second kappa shape index (κ2) is 8.59. The van der Waals surface area contributed by atoms with E-state index in [-0.39, 0.29) is 20.9 Å².